The summed E-state index contributed by atoms with van der Waals surface area (Å²) in [4.78, 5) is 31.9. The van der Waals surface area contributed by atoms with Crippen LogP contribution in [0.3, 0.4) is 0 Å². The molecule has 0 saturated carbocycles. The molecule has 0 radical (unpaired) electrons. The highest BCUT2D eigenvalue weighted by Gasteiger charge is 2.10. The first-order valence-electron chi connectivity index (χ1n) is 7.79. The Morgan fingerprint density at radius 3 is 2.23 bits per heavy atom. The van der Waals surface area contributed by atoms with Crippen molar-refractivity contribution < 1.29 is 9.59 Å². The van der Waals surface area contributed by atoms with Gasteiger partial charge in [-0.2, -0.15) is 0 Å². The van der Waals surface area contributed by atoms with Crippen LogP contribution in [0.1, 0.15) is 27.8 Å². The van der Waals surface area contributed by atoms with Crippen molar-refractivity contribution in [3.63, 3.8) is 0 Å². The standard InChI is InChI=1S/C19H15ClN4O2/c1-12(25)13-2-6-16(7-3-13)23-19-21-11-10-17(24-19)18(26)22-15-8-4-14(20)5-9-15/h2-11H,1H3,(H,22,26)(H,21,23,24). The molecule has 3 rings (SSSR count). The maximum Gasteiger partial charge on any atom is 0.274 e. The topological polar surface area (TPSA) is 84.0 Å². The average molecular weight is 367 g/mol. The number of carbonyl (C=O) groups excluding carboxylic acids is 2. The van der Waals surface area contributed by atoms with Crippen LogP contribution in [0.15, 0.2) is 60.8 Å². The number of aromatic nitrogens is 2. The van der Waals surface area contributed by atoms with E-state index in [9.17, 15) is 9.59 Å². The van der Waals surface area contributed by atoms with Crippen LogP contribution in [0.5, 0.6) is 0 Å². The fourth-order valence-corrected chi connectivity index (χ4v) is 2.32. The Morgan fingerprint density at radius 1 is 0.923 bits per heavy atom. The van der Waals surface area contributed by atoms with Gasteiger partial charge in [0.25, 0.3) is 5.91 Å². The number of hydrogen-bond acceptors (Lipinski definition) is 5. The smallest absolute Gasteiger partial charge is 0.274 e. The monoisotopic (exact) mass is 366 g/mol. The molecule has 0 bridgehead atoms. The second-order valence-corrected chi connectivity index (χ2v) is 5.92. The van der Waals surface area contributed by atoms with Gasteiger partial charge < -0.3 is 10.6 Å². The molecule has 0 aliphatic heterocycles. The summed E-state index contributed by atoms with van der Waals surface area (Å²) in [5.74, 6) is -0.0808. The number of ketones is 1. The lowest BCUT2D eigenvalue weighted by atomic mass is 10.1. The number of hydrogen-bond donors (Lipinski definition) is 2. The third-order valence-electron chi connectivity index (χ3n) is 3.54. The quantitative estimate of drug-likeness (QED) is 0.656. The number of carbonyl (C=O) groups is 2. The second-order valence-electron chi connectivity index (χ2n) is 5.49. The van der Waals surface area contributed by atoms with Crippen LogP contribution in [0, 0.1) is 0 Å². The number of nitrogens with zero attached hydrogens (tertiary/aromatic N) is 2. The number of amides is 1. The van der Waals surface area contributed by atoms with Crippen LogP contribution in [0.2, 0.25) is 5.02 Å². The molecule has 7 heteroatoms. The molecule has 1 heterocycles. The first kappa shape index (κ1) is 17.6. The summed E-state index contributed by atoms with van der Waals surface area (Å²) in [5.41, 5.74) is 2.17. The normalized spacial score (nSPS) is 10.2. The van der Waals surface area contributed by atoms with Gasteiger partial charge >= 0.3 is 0 Å². The van der Waals surface area contributed by atoms with Crippen molar-refractivity contribution in [2.45, 2.75) is 6.92 Å². The van der Waals surface area contributed by atoms with Gasteiger partial charge in [0.2, 0.25) is 5.95 Å². The Kier molecular flexibility index (Phi) is 5.24. The van der Waals surface area contributed by atoms with Gasteiger partial charge in [0.15, 0.2) is 5.78 Å². The Balaban J connectivity index is 1.72. The van der Waals surface area contributed by atoms with Crippen molar-refractivity contribution in [2.75, 3.05) is 10.6 Å². The van der Waals surface area contributed by atoms with E-state index in [-0.39, 0.29) is 23.3 Å². The predicted molar refractivity (Wildman–Crippen MR) is 101 cm³/mol. The lowest BCUT2D eigenvalue weighted by Crippen LogP contribution is -2.14. The molecular formula is C19H15ClN4O2. The minimum atomic E-state index is -0.357. The van der Waals surface area contributed by atoms with Crippen molar-refractivity contribution in [3.8, 4) is 0 Å². The van der Waals surface area contributed by atoms with E-state index in [1.165, 1.54) is 19.2 Å². The van der Waals surface area contributed by atoms with Gasteiger partial charge in [0.1, 0.15) is 5.69 Å². The summed E-state index contributed by atoms with van der Waals surface area (Å²) < 4.78 is 0. The summed E-state index contributed by atoms with van der Waals surface area (Å²) in [6.45, 7) is 1.51. The fraction of sp³-hybridized carbons (Fsp3) is 0.0526. The van der Waals surface area contributed by atoms with Gasteiger partial charge in [-0.25, -0.2) is 9.97 Å². The fourth-order valence-electron chi connectivity index (χ4n) is 2.19. The van der Waals surface area contributed by atoms with Gasteiger partial charge in [-0.15, -0.1) is 0 Å². The number of nitrogens with one attached hydrogen (secondary N) is 2. The van der Waals surface area contributed by atoms with Crippen LogP contribution in [-0.4, -0.2) is 21.7 Å². The molecule has 0 unspecified atom stereocenters. The lowest BCUT2D eigenvalue weighted by Gasteiger charge is -2.08. The average Bonchev–Trinajstić information content (AvgIpc) is 2.64. The van der Waals surface area contributed by atoms with Crippen molar-refractivity contribution in [1.29, 1.82) is 0 Å². The molecule has 2 N–H and O–H groups in total. The van der Waals surface area contributed by atoms with Gasteiger partial charge in [0, 0.05) is 28.2 Å². The first-order chi connectivity index (χ1) is 12.5. The first-order valence-corrected chi connectivity index (χ1v) is 8.17. The molecule has 3 aromatic rings. The van der Waals surface area contributed by atoms with Gasteiger partial charge in [-0.3, -0.25) is 9.59 Å². The zero-order valence-corrected chi connectivity index (χ0v) is 14.6. The predicted octanol–water partition coefficient (Wildman–Crippen LogP) is 4.33. The number of halogens is 1. The number of anilines is 3. The van der Waals surface area contributed by atoms with Gasteiger partial charge in [-0.05, 0) is 61.5 Å². The van der Waals surface area contributed by atoms with Crippen molar-refractivity contribution in [1.82, 2.24) is 9.97 Å². The van der Waals surface area contributed by atoms with Crippen molar-refractivity contribution >= 4 is 40.6 Å². The van der Waals surface area contributed by atoms with Crippen molar-refractivity contribution in [3.05, 3.63) is 77.1 Å². The minimum absolute atomic E-state index is 0.00586. The lowest BCUT2D eigenvalue weighted by molar-refractivity contribution is 0.101. The molecule has 1 aromatic heterocycles. The summed E-state index contributed by atoms with van der Waals surface area (Å²) in [7, 11) is 0. The maximum absolute atomic E-state index is 12.3. The van der Waals surface area contributed by atoms with E-state index in [0.29, 0.717) is 22.0 Å². The van der Waals surface area contributed by atoms with Crippen LogP contribution in [0.25, 0.3) is 0 Å². The number of Topliss-reactive ketones (excluding diaryl/α,β-unsaturated/α-hetero) is 1. The van der Waals surface area contributed by atoms with Crippen LogP contribution in [-0.2, 0) is 0 Å². The highest BCUT2D eigenvalue weighted by Crippen LogP contribution is 2.16. The molecule has 0 aliphatic carbocycles. The second kappa shape index (κ2) is 7.76. The molecule has 2 aromatic carbocycles. The number of benzene rings is 2. The summed E-state index contributed by atoms with van der Waals surface area (Å²) in [5, 5.41) is 6.34. The zero-order chi connectivity index (χ0) is 18.5. The molecule has 0 atom stereocenters. The van der Waals surface area contributed by atoms with Gasteiger partial charge in [-0.1, -0.05) is 11.6 Å². The van der Waals surface area contributed by atoms with E-state index in [1.54, 1.807) is 48.5 Å². The molecular weight excluding hydrogens is 352 g/mol. The zero-order valence-electron chi connectivity index (χ0n) is 13.9. The summed E-state index contributed by atoms with van der Waals surface area (Å²) in [6.07, 6.45) is 1.50. The molecule has 0 aliphatic rings. The van der Waals surface area contributed by atoms with E-state index in [2.05, 4.69) is 20.6 Å². The Labute approximate surface area is 155 Å². The highest BCUT2D eigenvalue weighted by atomic mass is 35.5. The maximum atomic E-state index is 12.3. The van der Waals surface area contributed by atoms with Crippen molar-refractivity contribution in [2.24, 2.45) is 0 Å². The van der Waals surface area contributed by atoms with E-state index in [0.717, 1.165) is 0 Å². The van der Waals surface area contributed by atoms with Crippen LogP contribution < -0.4 is 10.6 Å². The molecule has 0 saturated heterocycles. The summed E-state index contributed by atoms with van der Waals surface area (Å²) >= 11 is 5.83. The molecule has 0 fully saturated rings. The van der Waals surface area contributed by atoms with Crippen LogP contribution >= 0.6 is 11.6 Å². The molecule has 1 amide bonds. The van der Waals surface area contributed by atoms with E-state index in [4.69, 9.17) is 11.6 Å². The third kappa shape index (κ3) is 4.43. The molecule has 6 nitrogen and oxygen atoms in total. The largest absolute Gasteiger partial charge is 0.324 e. The molecule has 0 spiro atoms. The van der Waals surface area contributed by atoms with Crippen LogP contribution in [0.4, 0.5) is 17.3 Å². The van der Waals surface area contributed by atoms with Gasteiger partial charge in [0.05, 0.1) is 0 Å². The Bertz CT molecular complexity index is 941. The molecule has 130 valence electrons. The van der Waals surface area contributed by atoms with E-state index in [1.807, 2.05) is 0 Å². The Hall–Kier alpha value is -3.25. The third-order valence-corrected chi connectivity index (χ3v) is 3.79. The summed E-state index contributed by atoms with van der Waals surface area (Å²) in [6, 6.07) is 15.2. The highest BCUT2D eigenvalue weighted by molar-refractivity contribution is 6.30. The molecule has 26 heavy (non-hydrogen) atoms. The number of rotatable bonds is 5. The SMILES string of the molecule is CC(=O)c1ccc(Nc2nccc(C(=O)Nc3ccc(Cl)cc3)n2)cc1. The minimum Gasteiger partial charge on any atom is -0.324 e. The Morgan fingerprint density at radius 2 is 1.58 bits per heavy atom. The van der Waals surface area contributed by atoms with E-state index < -0.39 is 0 Å². The van der Waals surface area contributed by atoms with E-state index >= 15 is 0 Å².